The SMILES string of the molecule is CCNC(=O)C1CCN(Cc2c(Cl)cccc2Cl)CC1. The predicted octanol–water partition coefficient (Wildman–Crippen LogP) is 3.34. The average Bonchev–Trinajstić information content (AvgIpc) is 2.44. The van der Waals surface area contributed by atoms with Crippen molar-refractivity contribution in [1.29, 1.82) is 0 Å². The fraction of sp³-hybridized carbons (Fsp3) is 0.533. The number of carbonyl (C=O) groups is 1. The molecule has 110 valence electrons. The van der Waals surface area contributed by atoms with Gasteiger partial charge in [-0.15, -0.1) is 0 Å². The second-order valence-electron chi connectivity index (χ2n) is 5.15. The maximum Gasteiger partial charge on any atom is 0.223 e. The smallest absolute Gasteiger partial charge is 0.223 e. The van der Waals surface area contributed by atoms with Gasteiger partial charge in [0.1, 0.15) is 0 Å². The third kappa shape index (κ3) is 3.87. The number of carbonyl (C=O) groups excluding carboxylic acids is 1. The Balaban J connectivity index is 1.90. The second kappa shape index (κ2) is 7.30. The first-order valence-electron chi connectivity index (χ1n) is 7.04. The number of amides is 1. The Hall–Kier alpha value is -0.770. The number of benzene rings is 1. The molecule has 1 aromatic rings. The maximum atomic E-state index is 11.8. The van der Waals surface area contributed by atoms with E-state index < -0.39 is 0 Å². The number of nitrogens with zero attached hydrogens (tertiary/aromatic N) is 1. The van der Waals surface area contributed by atoms with Crippen LogP contribution in [0.1, 0.15) is 25.3 Å². The molecule has 2 rings (SSSR count). The van der Waals surface area contributed by atoms with Crippen LogP contribution in [0.5, 0.6) is 0 Å². The third-order valence-electron chi connectivity index (χ3n) is 3.75. The number of likely N-dealkylation sites (tertiary alicyclic amines) is 1. The molecule has 1 aromatic carbocycles. The van der Waals surface area contributed by atoms with Gasteiger partial charge in [-0.05, 0) is 45.0 Å². The molecule has 1 heterocycles. The van der Waals surface area contributed by atoms with Gasteiger partial charge < -0.3 is 5.32 Å². The fourth-order valence-electron chi connectivity index (χ4n) is 2.58. The van der Waals surface area contributed by atoms with E-state index in [0.29, 0.717) is 16.6 Å². The normalized spacial score (nSPS) is 17.1. The molecule has 1 amide bonds. The van der Waals surface area contributed by atoms with Gasteiger partial charge in [0.15, 0.2) is 0 Å². The van der Waals surface area contributed by atoms with Crippen molar-refractivity contribution in [3.63, 3.8) is 0 Å². The predicted molar refractivity (Wildman–Crippen MR) is 83.1 cm³/mol. The molecule has 1 saturated heterocycles. The Morgan fingerprint density at radius 2 is 1.90 bits per heavy atom. The van der Waals surface area contributed by atoms with Crippen molar-refractivity contribution in [2.45, 2.75) is 26.3 Å². The van der Waals surface area contributed by atoms with Crippen LogP contribution < -0.4 is 5.32 Å². The summed E-state index contributed by atoms with van der Waals surface area (Å²) >= 11 is 12.4. The second-order valence-corrected chi connectivity index (χ2v) is 5.96. The van der Waals surface area contributed by atoms with Gasteiger partial charge in [0.05, 0.1) is 0 Å². The van der Waals surface area contributed by atoms with Crippen molar-refractivity contribution in [3.8, 4) is 0 Å². The Morgan fingerprint density at radius 3 is 2.45 bits per heavy atom. The summed E-state index contributed by atoms with van der Waals surface area (Å²) in [6, 6.07) is 5.59. The Bertz CT molecular complexity index is 451. The zero-order valence-corrected chi connectivity index (χ0v) is 13.2. The van der Waals surface area contributed by atoms with Crippen molar-refractivity contribution < 1.29 is 4.79 Å². The lowest BCUT2D eigenvalue weighted by atomic mass is 9.95. The van der Waals surface area contributed by atoms with Crippen LogP contribution in [-0.2, 0) is 11.3 Å². The summed E-state index contributed by atoms with van der Waals surface area (Å²) in [7, 11) is 0. The molecule has 0 unspecified atom stereocenters. The van der Waals surface area contributed by atoms with Gasteiger partial charge in [-0.3, -0.25) is 9.69 Å². The van der Waals surface area contributed by atoms with Gasteiger partial charge in [0, 0.05) is 34.6 Å². The molecule has 0 atom stereocenters. The quantitative estimate of drug-likeness (QED) is 0.924. The van der Waals surface area contributed by atoms with E-state index in [9.17, 15) is 4.79 Å². The molecule has 0 spiro atoms. The van der Waals surface area contributed by atoms with Crippen molar-refractivity contribution in [2.75, 3.05) is 19.6 Å². The molecule has 0 aliphatic carbocycles. The van der Waals surface area contributed by atoms with Crippen molar-refractivity contribution in [2.24, 2.45) is 5.92 Å². The Labute approximate surface area is 130 Å². The Kier molecular flexibility index (Phi) is 5.70. The third-order valence-corrected chi connectivity index (χ3v) is 4.46. The van der Waals surface area contributed by atoms with Gasteiger partial charge in [-0.2, -0.15) is 0 Å². The number of piperidine rings is 1. The zero-order chi connectivity index (χ0) is 14.5. The van der Waals surface area contributed by atoms with Crippen molar-refractivity contribution in [3.05, 3.63) is 33.8 Å². The topological polar surface area (TPSA) is 32.3 Å². The lowest BCUT2D eigenvalue weighted by Crippen LogP contribution is -2.40. The van der Waals surface area contributed by atoms with Crippen LogP contribution in [-0.4, -0.2) is 30.4 Å². The molecule has 1 fully saturated rings. The van der Waals surface area contributed by atoms with E-state index in [4.69, 9.17) is 23.2 Å². The molecule has 0 aromatic heterocycles. The molecule has 0 bridgehead atoms. The number of rotatable bonds is 4. The van der Waals surface area contributed by atoms with Crippen molar-refractivity contribution >= 4 is 29.1 Å². The number of nitrogens with one attached hydrogen (secondary N) is 1. The number of halogens is 2. The summed E-state index contributed by atoms with van der Waals surface area (Å²) in [5.41, 5.74) is 0.979. The minimum Gasteiger partial charge on any atom is -0.356 e. The highest BCUT2D eigenvalue weighted by molar-refractivity contribution is 6.35. The average molecular weight is 315 g/mol. The molecule has 0 saturated carbocycles. The first kappa shape index (κ1) is 15.6. The minimum atomic E-state index is 0.146. The van der Waals surface area contributed by atoms with E-state index >= 15 is 0 Å². The summed E-state index contributed by atoms with van der Waals surface area (Å²) < 4.78 is 0. The van der Waals surface area contributed by atoms with Crippen LogP contribution in [0.25, 0.3) is 0 Å². The van der Waals surface area contributed by atoms with E-state index in [1.165, 1.54) is 0 Å². The summed E-state index contributed by atoms with van der Waals surface area (Å²) in [4.78, 5) is 14.1. The largest absolute Gasteiger partial charge is 0.356 e. The van der Waals surface area contributed by atoms with E-state index in [2.05, 4.69) is 10.2 Å². The molecule has 1 aliphatic rings. The number of hydrogen-bond donors (Lipinski definition) is 1. The van der Waals surface area contributed by atoms with E-state index in [1.807, 2.05) is 25.1 Å². The number of hydrogen-bond acceptors (Lipinski definition) is 2. The van der Waals surface area contributed by atoms with Crippen LogP contribution in [0.4, 0.5) is 0 Å². The summed E-state index contributed by atoms with van der Waals surface area (Å²) in [5.74, 6) is 0.329. The van der Waals surface area contributed by atoms with Crippen LogP contribution >= 0.6 is 23.2 Å². The standard InChI is InChI=1S/C15H20Cl2N2O/c1-2-18-15(20)11-6-8-19(9-7-11)10-12-13(16)4-3-5-14(12)17/h3-5,11H,2,6-10H2,1H3,(H,18,20). The molecule has 5 heteroatoms. The van der Waals surface area contributed by atoms with Gasteiger partial charge in [0.2, 0.25) is 5.91 Å². The highest BCUT2D eigenvalue weighted by Gasteiger charge is 2.25. The summed E-state index contributed by atoms with van der Waals surface area (Å²) in [5, 5.41) is 4.32. The van der Waals surface area contributed by atoms with Crippen LogP contribution in [0.15, 0.2) is 18.2 Å². The first-order chi connectivity index (χ1) is 9.61. The fourth-order valence-corrected chi connectivity index (χ4v) is 3.10. The van der Waals surface area contributed by atoms with E-state index in [0.717, 1.165) is 38.0 Å². The lowest BCUT2D eigenvalue weighted by Gasteiger charge is -2.31. The van der Waals surface area contributed by atoms with Crippen LogP contribution in [0.2, 0.25) is 10.0 Å². The van der Waals surface area contributed by atoms with Gasteiger partial charge >= 0.3 is 0 Å². The Morgan fingerprint density at radius 1 is 1.30 bits per heavy atom. The minimum absolute atomic E-state index is 0.146. The highest BCUT2D eigenvalue weighted by atomic mass is 35.5. The maximum absolute atomic E-state index is 11.8. The van der Waals surface area contributed by atoms with Crippen molar-refractivity contribution in [1.82, 2.24) is 10.2 Å². The lowest BCUT2D eigenvalue weighted by molar-refractivity contribution is -0.126. The summed E-state index contributed by atoms with van der Waals surface area (Å²) in [6.07, 6.45) is 1.79. The first-order valence-corrected chi connectivity index (χ1v) is 7.80. The van der Waals surface area contributed by atoms with E-state index in [-0.39, 0.29) is 11.8 Å². The molecule has 1 N–H and O–H groups in total. The zero-order valence-electron chi connectivity index (χ0n) is 11.7. The molecule has 3 nitrogen and oxygen atoms in total. The van der Waals surface area contributed by atoms with Crippen LogP contribution in [0.3, 0.4) is 0 Å². The van der Waals surface area contributed by atoms with Gasteiger partial charge in [-0.1, -0.05) is 29.3 Å². The molecule has 20 heavy (non-hydrogen) atoms. The van der Waals surface area contributed by atoms with Gasteiger partial charge in [0.25, 0.3) is 0 Å². The van der Waals surface area contributed by atoms with E-state index in [1.54, 1.807) is 0 Å². The van der Waals surface area contributed by atoms with Gasteiger partial charge in [-0.25, -0.2) is 0 Å². The molecule has 0 radical (unpaired) electrons. The molecular weight excluding hydrogens is 295 g/mol. The van der Waals surface area contributed by atoms with Crippen LogP contribution in [0, 0.1) is 5.92 Å². The monoisotopic (exact) mass is 314 g/mol. The summed E-state index contributed by atoms with van der Waals surface area (Å²) in [6.45, 7) is 5.22. The molecule has 1 aliphatic heterocycles. The highest BCUT2D eigenvalue weighted by Crippen LogP contribution is 2.27. The molecular formula is C15H20Cl2N2O.